The highest BCUT2D eigenvalue weighted by Crippen LogP contribution is 2.24. The molecule has 3 rings (SSSR count). The molecule has 0 unspecified atom stereocenters. The van der Waals surface area contributed by atoms with Crippen molar-refractivity contribution in [1.82, 2.24) is 25.1 Å². The van der Waals surface area contributed by atoms with Gasteiger partial charge in [0.2, 0.25) is 11.1 Å². The molecule has 0 radical (unpaired) electrons. The highest BCUT2D eigenvalue weighted by Gasteiger charge is 2.22. The third kappa shape index (κ3) is 4.26. The van der Waals surface area contributed by atoms with Crippen LogP contribution in [0.5, 0.6) is 0 Å². The van der Waals surface area contributed by atoms with Gasteiger partial charge in [-0.05, 0) is 47.2 Å². The molecule has 0 spiro atoms. The number of thioether (sulfide) groups is 1. The van der Waals surface area contributed by atoms with Crippen molar-refractivity contribution in [2.45, 2.75) is 23.9 Å². The maximum absolute atomic E-state index is 13.3. The lowest BCUT2D eigenvalue weighted by Gasteiger charge is -2.21. The molecule has 0 N–H and O–H groups in total. The summed E-state index contributed by atoms with van der Waals surface area (Å²) in [5.74, 6) is -0.394. The van der Waals surface area contributed by atoms with Crippen molar-refractivity contribution in [1.29, 1.82) is 0 Å². The van der Waals surface area contributed by atoms with E-state index in [2.05, 4.69) is 15.5 Å². The van der Waals surface area contributed by atoms with Crippen LogP contribution in [0.25, 0.3) is 5.69 Å². The average Bonchev–Trinajstić information content (AvgIpc) is 3.09. The monoisotopic (exact) mass is 371 g/mol. The molecule has 0 fully saturated rings. The first-order chi connectivity index (χ1) is 12.5. The van der Waals surface area contributed by atoms with Crippen molar-refractivity contribution < 1.29 is 9.18 Å². The summed E-state index contributed by atoms with van der Waals surface area (Å²) >= 11 is 1.28. The molecule has 0 aliphatic carbocycles. The summed E-state index contributed by atoms with van der Waals surface area (Å²) in [4.78, 5) is 14.2. The van der Waals surface area contributed by atoms with Gasteiger partial charge in [-0.2, -0.15) is 4.68 Å². The van der Waals surface area contributed by atoms with Gasteiger partial charge in [-0.3, -0.25) is 4.79 Å². The van der Waals surface area contributed by atoms with Gasteiger partial charge >= 0.3 is 0 Å². The Morgan fingerprint density at radius 1 is 1.23 bits per heavy atom. The number of tetrazole rings is 1. The quantitative estimate of drug-likeness (QED) is 0.624. The van der Waals surface area contributed by atoms with Crippen LogP contribution in [0.1, 0.15) is 12.5 Å². The number of rotatable bonds is 6. The summed E-state index contributed by atoms with van der Waals surface area (Å²) in [5.41, 5.74) is 1.57. The minimum atomic E-state index is -0.387. The summed E-state index contributed by atoms with van der Waals surface area (Å²) < 4.78 is 14.9. The van der Waals surface area contributed by atoms with Crippen molar-refractivity contribution in [2.24, 2.45) is 0 Å². The Hall–Kier alpha value is -2.74. The predicted octanol–water partition coefficient (Wildman–Crippen LogP) is 2.94. The number of hydrogen-bond acceptors (Lipinski definition) is 5. The molecular weight excluding hydrogens is 353 g/mol. The molecule has 1 aromatic heterocycles. The zero-order chi connectivity index (χ0) is 18.5. The zero-order valence-electron chi connectivity index (χ0n) is 14.4. The topological polar surface area (TPSA) is 63.9 Å². The lowest BCUT2D eigenvalue weighted by molar-refractivity contribution is -0.129. The molecule has 0 saturated heterocycles. The number of nitrogens with zero attached hydrogens (tertiary/aromatic N) is 5. The van der Waals surface area contributed by atoms with E-state index < -0.39 is 0 Å². The lowest BCUT2D eigenvalue weighted by Crippen LogP contribution is -2.33. The van der Waals surface area contributed by atoms with Crippen LogP contribution in [0.4, 0.5) is 4.39 Å². The molecule has 3 aromatic rings. The molecule has 26 heavy (non-hydrogen) atoms. The molecule has 0 bridgehead atoms. The SMILES string of the molecule is C[C@@H](Sc1nnnn1-c1ccccc1)C(=O)N(C)Cc1cccc(F)c1. The van der Waals surface area contributed by atoms with Gasteiger partial charge in [0.25, 0.3) is 0 Å². The fourth-order valence-electron chi connectivity index (χ4n) is 2.49. The Bertz CT molecular complexity index is 886. The van der Waals surface area contributed by atoms with Crippen LogP contribution >= 0.6 is 11.8 Å². The van der Waals surface area contributed by atoms with Crippen molar-refractivity contribution in [3.63, 3.8) is 0 Å². The lowest BCUT2D eigenvalue weighted by atomic mass is 10.2. The Labute approximate surface area is 155 Å². The van der Waals surface area contributed by atoms with E-state index >= 15 is 0 Å². The molecular formula is C18H18FN5OS. The van der Waals surface area contributed by atoms with Gasteiger partial charge in [0, 0.05) is 13.6 Å². The second kappa shape index (κ2) is 8.09. The average molecular weight is 371 g/mol. The van der Waals surface area contributed by atoms with E-state index in [0.717, 1.165) is 11.3 Å². The Morgan fingerprint density at radius 2 is 2.00 bits per heavy atom. The Morgan fingerprint density at radius 3 is 2.73 bits per heavy atom. The predicted molar refractivity (Wildman–Crippen MR) is 97.3 cm³/mol. The van der Waals surface area contributed by atoms with Gasteiger partial charge in [0.15, 0.2) is 0 Å². The summed E-state index contributed by atoms with van der Waals surface area (Å²) in [6, 6.07) is 15.7. The first-order valence-electron chi connectivity index (χ1n) is 8.04. The maximum atomic E-state index is 13.3. The normalized spacial score (nSPS) is 12.0. The van der Waals surface area contributed by atoms with E-state index in [-0.39, 0.29) is 17.0 Å². The van der Waals surface area contributed by atoms with Crippen molar-refractivity contribution in [3.05, 3.63) is 66.0 Å². The van der Waals surface area contributed by atoms with Crippen LogP contribution in [0, 0.1) is 5.82 Å². The molecule has 8 heteroatoms. The van der Waals surface area contributed by atoms with Gasteiger partial charge in [-0.25, -0.2) is 4.39 Å². The van der Waals surface area contributed by atoms with Gasteiger partial charge in [0.1, 0.15) is 5.82 Å². The molecule has 1 heterocycles. The fraction of sp³-hybridized carbons (Fsp3) is 0.222. The second-order valence-electron chi connectivity index (χ2n) is 5.79. The first-order valence-corrected chi connectivity index (χ1v) is 8.92. The van der Waals surface area contributed by atoms with E-state index in [4.69, 9.17) is 0 Å². The highest BCUT2D eigenvalue weighted by atomic mass is 32.2. The first kappa shape index (κ1) is 18.1. The van der Waals surface area contributed by atoms with Crippen LogP contribution in [0.15, 0.2) is 59.8 Å². The summed E-state index contributed by atoms with van der Waals surface area (Å²) in [6.07, 6.45) is 0. The van der Waals surface area contributed by atoms with E-state index in [1.54, 1.807) is 35.7 Å². The molecule has 134 valence electrons. The number of halogens is 1. The van der Waals surface area contributed by atoms with Crippen LogP contribution in [-0.4, -0.2) is 43.3 Å². The van der Waals surface area contributed by atoms with Gasteiger partial charge in [-0.15, -0.1) is 5.10 Å². The minimum Gasteiger partial charge on any atom is -0.340 e. The summed E-state index contributed by atoms with van der Waals surface area (Å²) in [5, 5.41) is 11.9. The van der Waals surface area contributed by atoms with Gasteiger partial charge < -0.3 is 4.90 Å². The van der Waals surface area contributed by atoms with Crippen LogP contribution in [0.3, 0.4) is 0 Å². The number of hydrogen-bond donors (Lipinski definition) is 0. The summed E-state index contributed by atoms with van der Waals surface area (Å²) in [6.45, 7) is 2.14. The molecule has 2 aromatic carbocycles. The van der Waals surface area contributed by atoms with Gasteiger partial charge in [0.05, 0.1) is 10.9 Å². The minimum absolute atomic E-state index is 0.0816. The van der Waals surface area contributed by atoms with E-state index in [0.29, 0.717) is 11.7 Å². The highest BCUT2D eigenvalue weighted by molar-refractivity contribution is 8.00. The van der Waals surface area contributed by atoms with Crippen molar-refractivity contribution >= 4 is 17.7 Å². The zero-order valence-corrected chi connectivity index (χ0v) is 15.2. The molecule has 1 atom stereocenters. The van der Waals surface area contributed by atoms with Crippen molar-refractivity contribution in [3.8, 4) is 5.69 Å². The Kier molecular flexibility index (Phi) is 5.62. The second-order valence-corrected chi connectivity index (χ2v) is 7.10. The van der Waals surface area contributed by atoms with E-state index in [1.165, 1.54) is 23.9 Å². The summed E-state index contributed by atoms with van der Waals surface area (Å²) in [7, 11) is 1.70. The standard InChI is InChI=1S/C18H18FN5OS/c1-13(17(25)23(2)12-14-7-6-8-15(19)11-14)26-18-20-21-22-24(18)16-9-4-3-5-10-16/h3-11,13H,12H2,1-2H3/t13-/m1/s1. The third-order valence-corrected chi connectivity index (χ3v) is 4.78. The van der Waals surface area contributed by atoms with Crippen LogP contribution in [0.2, 0.25) is 0 Å². The third-order valence-electron chi connectivity index (χ3n) is 3.76. The maximum Gasteiger partial charge on any atom is 0.235 e. The van der Waals surface area contributed by atoms with Crippen molar-refractivity contribution in [2.75, 3.05) is 7.05 Å². The van der Waals surface area contributed by atoms with Crippen LogP contribution < -0.4 is 0 Å². The molecule has 0 saturated carbocycles. The van der Waals surface area contributed by atoms with E-state index in [1.807, 2.05) is 30.3 Å². The molecule has 1 amide bonds. The number of carbonyl (C=O) groups is 1. The number of aromatic nitrogens is 4. The number of amides is 1. The van der Waals surface area contributed by atoms with Crippen LogP contribution in [-0.2, 0) is 11.3 Å². The molecule has 6 nitrogen and oxygen atoms in total. The largest absolute Gasteiger partial charge is 0.340 e. The van der Waals surface area contributed by atoms with E-state index in [9.17, 15) is 9.18 Å². The Balaban J connectivity index is 1.67. The molecule has 0 aliphatic rings. The number of para-hydroxylation sites is 1. The molecule has 0 aliphatic heterocycles. The fourth-order valence-corrected chi connectivity index (χ4v) is 3.41. The van der Waals surface area contributed by atoms with Gasteiger partial charge in [-0.1, -0.05) is 42.1 Å². The smallest absolute Gasteiger partial charge is 0.235 e. The number of carbonyl (C=O) groups excluding carboxylic acids is 1. The number of benzene rings is 2.